The van der Waals surface area contributed by atoms with Crippen molar-refractivity contribution in [1.29, 1.82) is 0 Å². The summed E-state index contributed by atoms with van der Waals surface area (Å²) in [4.78, 5) is 0. The van der Waals surface area contributed by atoms with E-state index < -0.39 is 0 Å². The molecular weight excluding hydrogens is 192 g/mol. The van der Waals surface area contributed by atoms with Crippen molar-refractivity contribution in [3.63, 3.8) is 0 Å². The molecule has 1 aliphatic carbocycles. The normalized spacial score (nSPS) is 13.5. The van der Waals surface area contributed by atoms with Gasteiger partial charge in [0.05, 0.1) is 0 Å². The molecule has 0 aromatic heterocycles. The van der Waals surface area contributed by atoms with Gasteiger partial charge in [-0.05, 0) is 29.0 Å². The maximum absolute atomic E-state index is 2.34. The van der Waals surface area contributed by atoms with Gasteiger partial charge < -0.3 is 0 Å². The molecule has 15 heavy (non-hydrogen) atoms. The second-order valence-corrected chi connectivity index (χ2v) is 4.22. The molecule has 0 amide bonds. The number of fused-ring (bicyclic) bond motifs is 1. The van der Waals surface area contributed by atoms with Gasteiger partial charge in [0.2, 0.25) is 0 Å². The summed E-state index contributed by atoms with van der Waals surface area (Å²) in [5.74, 6) is 0.616. The van der Waals surface area contributed by atoms with E-state index in [1.54, 1.807) is 0 Å². The largest absolute Gasteiger partial charge is 0.316 e. The topological polar surface area (TPSA) is 0 Å². The average molecular weight is 212 g/mol. The molecule has 0 aliphatic heterocycles. The van der Waals surface area contributed by atoms with Crippen molar-refractivity contribution < 1.29 is 0 Å². The van der Waals surface area contributed by atoms with Crippen LogP contribution in [-0.4, -0.2) is 23.1 Å². The van der Waals surface area contributed by atoms with E-state index in [1.807, 2.05) is 0 Å². The van der Waals surface area contributed by atoms with Gasteiger partial charge >= 0.3 is 23.1 Å². The minimum absolute atomic E-state index is 0. The van der Waals surface area contributed by atoms with E-state index in [1.165, 1.54) is 22.3 Å². The van der Waals surface area contributed by atoms with E-state index in [0.717, 1.165) is 6.42 Å². The molecule has 0 heterocycles. The number of benzene rings is 1. The van der Waals surface area contributed by atoms with E-state index in [2.05, 4.69) is 51.5 Å². The Labute approximate surface area is 109 Å². The fourth-order valence-electron chi connectivity index (χ4n) is 2.03. The molecule has 0 fully saturated rings. The van der Waals surface area contributed by atoms with Crippen LogP contribution in [0.4, 0.5) is 0 Å². The second-order valence-electron chi connectivity index (χ2n) is 4.22. The number of allylic oxidation sites excluding steroid dienone is 1. The highest BCUT2D eigenvalue weighted by Gasteiger charge is 2.15. The lowest BCUT2D eigenvalue weighted by atomic mass is 9.95. The molecule has 0 saturated carbocycles. The Morgan fingerprint density at radius 2 is 1.93 bits per heavy atom. The molecule has 1 aromatic rings. The summed E-state index contributed by atoms with van der Waals surface area (Å²) in [5.41, 5.74) is 5.77. The Bertz CT molecular complexity index is 375. The maximum Gasteiger partial charge on any atom is 0.316 e. The monoisotopic (exact) mass is 211 g/mol. The van der Waals surface area contributed by atoms with Gasteiger partial charge in [0.15, 0.2) is 0 Å². The second kappa shape index (κ2) is 5.18. The fourth-order valence-corrected chi connectivity index (χ4v) is 2.03. The zero-order valence-corrected chi connectivity index (χ0v) is 9.17. The predicted molar refractivity (Wildman–Crippen MR) is 70.7 cm³/mol. The molecule has 0 nitrogen and oxygen atoms in total. The third-order valence-electron chi connectivity index (χ3n) is 2.87. The molecular formula is C14H19Mg. The molecule has 77 valence electrons. The summed E-state index contributed by atoms with van der Waals surface area (Å²) in [6.45, 7) is 6.73. The Balaban J connectivity index is 0.00000112. The highest BCUT2D eigenvalue weighted by atomic mass is 24.3. The molecule has 1 aromatic carbocycles. The first-order valence-corrected chi connectivity index (χ1v) is 5.40. The van der Waals surface area contributed by atoms with Crippen molar-refractivity contribution >= 4 is 29.1 Å². The maximum atomic E-state index is 2.34. The van der Waals surface area contributed by atoms with Gasteiger partial charge in [0.1, 0.15) is 0 Å². The average Bonchev–Trinajstić information content (AvgIpc) is 2.59. The lowest BCUT2D eigenvalue weighted by molar-refractivity contribution is 0.863. The van der Waals surface area contributed by atoms with Gasteiger partial charge in [-0.15, -0.1) is 0 Å². The van der Waals surface area contributed by atoms with Crippen LogP contribution in [0.25, 0.3) is 6.08 Å². The SMILES string of the molecule is CCC1=Cc2c(cccc2C(C)C)[CH]1.[MgH2]. The number of rotatable bonds is 2. The Morgan fingerprint density at radius 3 is 2.53 bits per heavy atom. The first-order chi connectivity index (χ1) is 6.72. The fraction of sp³-hybridized carbons (Fsp3) is 0.357. The molecule has 1 radical (unpaired) electrons. The van der Waals surface area contributed by atoms with Crippen LogP contribution in [0, 0.1) is 6.42 Å². The van der Waals surface area contributed by atoms with Crippen LogP contribution in [-0.2, 0) is 0 Å². The van der Waals surface area contributed by atoms with Crippen molar-refractivity contribution in [3.8, 4) is 0 Å². The number of hydrogen-bond donors (Lipinski definition) is 0. The molecule has 0 N–H and O–H groups in total. The lowest BCUT2D eigenvalue weighted by Crippen LogP contribution is -1.92. The first kappa shape index (κ1) is 12.8. The smallest absolute Gasteiger partial charge is 0.0616 e. The van der Waals surface area contributed by atoms with Gasteiger partial charge in [-0.1, -0.05) is 50.6 Å². The van der Waals surface area contributed by atoms with E-state index >= 15 is 0 Å². The van der Waals surface area contributed by atoms with Crippen LogP contribution in [0.1, 0.15) is 49.8 Å². The highest BCUT2D eigenvalue weighted by Crippen LogP contribution is 2.33. The molecule has 0 bridgehead atoms. The zero-order valence-electron chi connectivity index (χ0n) is 9.17. The molecule has 2 rings (SSSR count). The van der Waals surface area contributed by atoms with Gasteiger partial charge in [-0.3, -0.25) is 0 Å². The van der Waals surface area contributed by atoms with Crippen LogP contribution in [0.15, 0.2) is 23.8 Å². The minimum Gasteiger partial charge on any atom is -0.0616 e. The third-order valence-corrected chi connectivity index (χ3v) is 2.87. The summed E-state index contributed by atoms with van der Waals surface area (Å²) < 4.78 is 0. The Hall–Kier alpha value is -0.274. The lowest BCUT2D eigenvalue weighted by Gasteiger charge is -2.10. The Morgan fingerprint density at radius 1 is 1.20 bits per heavy atom. The van der Waals surface area contributed by atoms with Crippen LogP contribution in [0.5, 0.6) is 0 Å². The minimum atomic E-state index is 0. The van der Waals surface area contributed by atoms with Gasteiger partial charge in [-0.25, -0.2) is 0 Å². The van der Waals surface area contributed by atoms with Crippen LogP contribution >= 0.6 is 0 Å². The van der Waals surface area contributed by atoms with Crippen molar-refractivity contribution in [2.45, 2.75) is 33.1 Å². The van der Waals surface area contributed by atoms with Crippen LogP contribution in [0.3, 0.4) is 0 Å². The van der Waals surface area contributed by atoms with Crippen molar-refractivity contribution in [3.05, 3.63) is 46.9 Å². The summed E-state index contributed by atoms with van der Waals surface area (Å²) in [6, 6.07) is 6.62. The highest BCUT2D eigenvalue weighted by molar-refractivity contribution is 5.75. The van der Waals surface area contributed by atoms with E-state index in [9.17, 15) is 0 Å². The Kier molecular flexibility index (Phi) is 4.41. The quantitative estimate of drug-likeness (QED) is 0.659. The zero-order chi connectivity index (χ0) is 10.1. The molecule has 0 atom stereocenters. The van der Waals surface area contributed by atoms with Crippen molar-refractivity contribution in [2.75, 3.05) is 0 Å². The van der Waals surface area contributed by atoms with Crippen molar-refractivity contribution in [1.82, 2.24) is 0 Å². The number of hydrogen-bond acceptors (Lipinski definition) is 0. The standard InChI is InChI=1S/C14H17.Mg.2H/c1-4-11-8-12-6-5-7-13(10(2)3)14(12)9-11;;;/h5-10H,4H2,1-3H3;;;. The predicted octanol–water partition coefficient (Wildman–Crippen LogP) is 3.25. The van der Waals surface area contributed by atoms with Gasteiger partial charge in [-0.2, -0.15) is 0 Å². The molecule has 1 heteroatoms. The van der Waals surface area contributed by atoms with Crippen LogP contribution < -0.4 is 0 Å². The first-order valence-electron chi connectivity index (χ1n) is 5.40. The molecule has 0 unspecified atom stereocenters. The van der Waals surface area contributed by atoms with E-state index in [0.29, 0.717) is 5.92 Å². The molecule has 0 saturated heterocycles. The van der Waals surface area contributed by atoms with Gasteiger partial charge in [0, 0.05) is 6.42 Å². The van der Waals surface area contributed by atoms with E-state index in [-0.39, 0.29) is 23.1 Å². The van der Waals surface area contributed by atoms with Crippen LogP contribution in [0.2, 0.25) is 0 Å². The third kappa shape index (κ3) is 2.46. The van der Waals surface area contributed by atoms with E-state index in [4.69, 9.17) is 0 Å². The van der Waals surface area contributed by atoms with Crippen molar-refractivity contribution in [2.24, 2.45) is 0 Å². The summed E-state index contributed by atoms with van der Waals surface area (Å²) >= 11 is 0. The van der Waals surface area contributed by atoms with Gasteiger partial charge in [0.25, 0.3) is 0 Å². The summed E-state index contributed by atoms with van der Waals surface area (Å²) in [7, 11) is 0. The summed E-state index contributed by atoms with van der Waals surface area (Å²) in [6.07, 6.45) is 5.78. The molecule has 1 aliphatic rings. The molecule has 0 spiro atoms. The summed E-state index contributed by atoms with van der Waals surface area (Å²) in [5, 5.41) is 0.